The van der Waals surface area contributed by atoms with E-state index in [4.69, 9.17) is 0 Å². The SMILES string of the molecule is Cc1nn(C)cc1C(=O)C1C2CCCC21. The molecule has 0 amide bonds. The standard InChI is InChI=1S/C12H16N2O/c1-7-10(6-14(2)13-7)12(15)11-8-4-3-5-9(8)11/h6,8-9,11H,3-5H2,1-2H3. The number of ketones is 1. The van der Waals surface area contributed by atoms with Crippen LogP contribution in [-0.4, -0.2) is 15.6 Å². The minimum atomic E-state index is 0.335. The molecule has 0 spiro atoms. The second kappa shape index (κ2) is 2.94. The molecular weight excluding hydrogens is 188 g/mol. The molecule has 1 heterocycles. The Labute approximate surface area is 89.5 Å². The van der Waals surface area contributed by atoms with Crippen LogP contribution in [0.2, 0.25) is 0 Å². The predicted molar refractivity (Wildman–Crippen MR) is 56.6 cm³/mol. The van der Waals surface area contributed by atoms with E-state index in [1.165, 1.54) is 19.3 Å². The maximum atomic E-state index is 12.2. The van der Waals surface area contributed by atoms with E-state index in [0.29, 0.717) is 23.5 Å². The number of hydrogen-bond acceptors (Lipinski definition) is 2. The highest BCUT2D eigenvalue weighted by molar-refractivity contribution is 6.00. The van der Waals surface area contributed by atoms with Gasteiger partial charge in [-0.25, -0.2) is 0 Å². The second-order valence-electron chi connectivity index (χ2n) is 4.95. The minimum Gasteiger partial charge on any atom is -0.294 e. The number of carbonyl (C=O) groups excluding carboxylic acids is 1. The van der Waals surface area contributed by atoms with Gasteiger partial charge in [0.2, 0.25) is 0 Å². The topological polar surface area (TPSA) is 34.9 Å². The van der Waals surface area contributed by atoms with E-state index in [0.717, 1.165) is 11.3 Å². The maximum absolute atomic E-state index is 12.2. The van der Waals surface area contributed by atoms with Crippen molar-refractivity contribution in [3.05, 3.63) is 17.5 Å². The van der Waals surface area contributed by atoms with Crippen molar-refractivity contribution in [3.63, 3.8) is 0 Å². The molecule has 15 heavy (non-hydrogen) atoms. The van der Waals surface area contributed by atoms with E-state index in [-0.39, 0.29) is 0 Å². The Kier molecular flexibility index (Phi) is 1.79. The van der Waals surface area contributed by atoms with Gasteiger partial charge in [0.15, 0.2) is 5.78 Å². The number of carbonyl (C=O) groups is 1. The lowest BCUT2D eigenvalue weighted by Crippen LogP contribution is -2.06. The smallest absolute Gasteiger partial charge is 0.169 e. The average Bonchev–Trinajstić information content (AvgIpc) is 2.58. The number of nitrogens with zero attached hydrogens (tertiary/aromatic N) is 2. The monoisotopic (exact) mass is 204 g/mol. The van der Waals surface area contributed by atoms with Gasteiger partial charge in [-0.05, 0) is 31.6 Å². The summed E-state index contributed by atoms with van der Waals surface area (Å²) < 4.78 is 1.74. The number of aromatic nitrogens is 2. The fourth-order valence-electron chi connectivity index (χ4n) is 3.23. The van der Waals surface area contributed by atoms with Crippen molar-refractivity contribution in [2.24, 2.45) is 24.8 Å². The number of hydrogen-bond donors (Lipinski definition) is 0. The highest BCUT2D eigenvalue weighted by Crippen LogP contribution is 2.58. The summed E-state index contributed by atoms with van der Waals surface area (Å²) in [5, 5.41) is 4.23. The van der Waals surface area contributed by atoms with Gasteiger partial charge in [-0.1, -0.05) is 6.42 Å². The molecule has 0 saturated heterocycles. The third-order valence-electron chi connectivity index (χ3n) is 3.99. The number of fused-ring (bicyclic) bond motifs is 1. The van der Waals surface area contributed by atoms with Crippen LogP contribution in [0.15, 0.2) is 6.20 Å². The van der Waals surface area contributed by atoms with Gasteiger partial charge in [-0.3, -0.25) is 9.48 Å². The first-order valence-electron chi connectivity index (χ1n) is 5.73. The van der Waals surface area contributed by atoms with E-state index in [1.807, 2.05) is 20.2 Å². The van der Waals surface area contributed by atoms with Crippen molar-refractivity contribution in [2.75, 3.05) is 0 Å². The van der Waals surface area contributed by atoms with Crippen LogP contribution in [0.1, 0.15) is 35.3 Å². The largest absolute Gasteiger partial charge is 0.294 e. The second-order valence-corrected chi connectivity index (χ2v) is 4.95. The molecule has 2 aliphatic carbocycles. The van der Waals surface area contributed by atoms with E-state index in [2.05, 4.69) is 5.10 Å². The molecule has 3 heteroatoms. The first kappa shape index (κ1) is 9.13. The van der Waals surface area contributed by atoms with Gasteiger partial charge in [0.05, 0.1) is 11.3 Å². The molecule has 0 N–H and O–H groups in total. The minimum absolute atomic E-state index is 0.335. The summed E-state index contributed by atoms with van der Waals surface area (Å²) in [7, 11) is 1.87. The Morgan fingerprint density at radius 3 is 2.67 bits per heavy atom. The summed E-state index contributed by atoms with van der Waals surface area (Å²) in [6.07, 6.45) is 5.72. The van der Waals surface area contributed by atoms with Gasteiger partial charge >= 0.3 is 0 Å². The van der Waals surface area contributed by atoms with Crippen molar-refractivity contribution in [2.45, 2.75) is 26.2 Å². The summed E-state index contributed by atoms with van der Waals surface area (Å²) in [6.45, 7) is 1.92. The Morgan fingerprint density at radius 1 is 1.47 bits per heavy atom. The Morgan fingerprint density at radius 2 is 2.13 bits per heavy atom. The van der Waals surface area contributed by atoms with Crippen molar-refractivity contribution >= 4 is 5.78 Å². The van der Waals surface area contributed by atoms with Crippen molar-refractivity contribution in [3.8, 4) is 0 Å². The molecule has 0 bridgehead atoms. The number of aryl methyl sites for hydroxylation is 2. The fraction of sp³-hybridized carbons (Fsp3) is 0.667. The van der Waals surface area contributed by atoms with Gasteiger partial charge in [0.1, 0.15) is 0 Å². The highest BCUT2D eigenvalue weighted by Gasteiger charge is 2.56. The predicted octanol–water partition coefficient (Wildman–Crippen LogP) is 1.96. The van der Waals surface area contributed by atoms with Gasteiger partial charge in [0.25, 0.3) is 0 Å². The molecule has 0 radical (unpaired) electrons. The van der Waals surface area contributed by atoms with Crippen LogP contribution in [-0.2, 0) is 7.05 Å². The van der Waals surface area contributed by atoms with Crippen molar-refractivity contribution < 1.29 is 4.79 Å². The molecule has 3 nitrogen and oxygen atoms in total. The van der Waals surface area contributed by atoms with Gasteiger partial charge in [-0.2, -0.15) is 5.10 Å². The zero-order valence-electron chi connectivity index (χ0n) is 9.23. The van der Waals surface area contributed by atoms with E-state index < -0.39 is 0 Å². The van der Waals surface area contributed by atoms with Crippen LogP contribution in [0.3, 0.4) is 0 Å². The third-order valence-corrected chi connectivity index (χ3v) is 3.99. The highest BCUT2D eigenvalue weighted by atomic mass is 16.1. The lowest BCUT2D eigenvalue weighted by molar-refractivity contribution is 0.0951. The van der Waals surface area contributed by atoms with Crippen LogP contribution in [0.4, 0.5) is 0 Å². The lowest BCUT2D eigenvalue weighted by atomic mass is 10.0. The molecule has 2 atom stereocenters. The molecule has 2 fully saturated rings. The summed E-state index contributed by atoms with van der Waals surface area (Å²) >= 11 is 0. The molecular formula is C12H16N2O. The molecule has 2 unspecified atom stereocenters. The first-order valence-corrected chi connectivity index (χ1v) is 5.73. The average molecular weight is 204 g/mol. The quantitative estimate of drug-likeness (QED) is 0.690. The maximum Gasteiger partial charge on any atom is 0.169 e. The summed E-state index contributed by atoms with van der Waals surface area (Å²) in [6, 6.07) is 0. The number of Topliss-reactive ketones (excluding diaryl/α,β-unsaturated/α-hetero) is 1. The van der Waals surface area contributed by atoms with Crippen molar-refractivity contribution in [1.29, 1.82) is 0 Å². The summed E-state index contributed by atoms with van der Waals surface area (Å²) in [4.78, 5) is 12.2. The normalized spacial score (nSPS) is 32.8. The Hall–Kier alpha value is -1.12. The lowest BCUT2D eigenvalue weighted by Gasteiger charge is -2.00. The first-order chi connectivity index (χ1) is 7.18. The summed E-state index contributed by atoms with van der Waals surface area (Å²) in [5.41, 5.74) is 1.73. The van der Waals surface area contributed by atoms with E-state index in [1.54, 1.807) is 4.68 Å². The Balaban J connectivity index is 1.84. The zero-order valence-corrected chi connectivity index (χ0v) is 9.23. The van der Waals surface area contributed by atoms with Gasteiger partial charge in [0, 0.05) is 19.2 Å². The molecule has 2 saturated carbocycles. The Bertz CT molecular complexity index is 411. The van der Waals surface area contributed by atoms with Crippen LogP contribution < -0.4 is 0 Å². The third kappa shape index (κ3) is 1.25. The van der Waals surface area contributed by atoms with Crippen LogP contribution in [0.5, 0.6) is 0 Å². The zero-order chi connectivity index (χ0) is 10.6. The molecule has 1 aromatic rings. The van der Waals surface area contributed by atoms with Crippen molar-refractivity contribution in [1.82, 2.24) is 9.78 Å². The van der Waals surface area contributed by atoms with Crippen LogP contribution >= 0.6 is 0 Å². The van der Waals surface area contributed by atoms with Crippen LogP contribution in [0.25, 0.3) is 0 Å². The molecule has 0 aromatic carbocycles. The fourth-order valence-corrected chi connectivity index (χ4v) is 3.23. The molecule has 0 aliphatic heterocycles. The summed E-state index contributed by atoms with van der Waals surface area (Å²) in [5.74, 6) is 2.09. The van der Waals surface area contributed by atoms with Gasteiger partial charge in [-0.15, -0.1) is 0 Å². The molecule has 2 aliphatic rings. The van der Waals surface area contributed by atoms with E-state index >= 15 is 0 Å². The van der Waals surface area contributed by atoms with E-state index in [9.17, 15) is 4.79 Å². The van der Waals surface area contributed by atoms with Gasteiger partial charge < -0.3 is 0 Å². The number of rotatable bonds is 2. The molecule has 80 valence electrons. The van der Waals surface area contributed by atoms with Crippen LogP contribution in [0, 0.1) is 24.7 Å². The molecule has 1 aromatic heterocycles. The molecule has 3 rings (SSSR count).